The lowest BCUT2D eigenvalue weighted by atomic mass is 10.4. The summed E-state index contributed by atoms with van der Waals surface area (Å²) in [5.41, 5.74) is 0.516. The molecule has 0 saturated carbocycles. The molecule has 5 nitrogen and oxygen atoms in total. The van der Waals surface area contributed by atoms with Crippen molar-refractivity contribution in [1.29, 1.82) is 0 Å². The molecule has 0 atom stereocenters. The first-order chi connectivity index (χ1) is 6.61. The second-order valence-electron chi connectivity index (χ2n) is 2.64. The standard InChI is InChI=1S/C8H5BrN2O3/c9-6-4-2-1-3-5(12)11(4)7(10-6)8(13)14/h1-3,12H,(H,13,14). The van der Waals surface area contributed by atoms with Gasteiger partial charge in [0.1, 0.15) is 4.60 Å². The summed E-state index contributed by atoms with van der Waals surface area (Å²) in [5, 5.41) is 18.3. The van der Waals surface area contributed by atoms with Gasteiger partial charge in [0.15, 0.2) is 5.88 Å². The lowest BCUT2D eigenvalue weighted by Crippen LogP contribution is -2.03. The Hall–Kier alpha value is -1.56. The van der Waals surface area contributed by atoms with Gasteiger partial charge in [0.2, 0.25) is 5.82 Å². The lowest BCUT2D eigenvalue weighted by Gasteiger charge is -1.98. The summed E-state index contributed by atoms with van der Waals surface area (Å²) in [6.07, 6.45) is 0. The molecule has 0 aliphatic heterocycles. The number of aromatic nitrogens is 2. The van der Waals surface area contributed by atoms with E-state index in [0.29, 0.717) is 10.1 Å². The smallest absolute Gasteiger partial charge is 0.372 e. The topological polar surface area (TPSA) is 74.8 Å². The zero-order valence-electron chi connectivity index (χ0n) is 6.81. The highest BCUT2D eigenvalue weighted by molar-refractivity contribution is 9.10. The SMILES string of the molecule is O=C(O)c1nc(Br)c2cccc(O)n12. The third-order valence-electron chi connectivity index (χ3n) is 1.79. The van der Waals surface area contributed by atoms with Gasteiger partial charge in [0.25, 0.3) is 0 Å². The normalized spacial score (nSPS) is 10.6. The zero-order valence-corrected chi connectivity index (χ0v) is 8.39. The van der Waals surface area contributed by atoms with E-state index in [-0.39, 0.29) is 11.7 Å². The van der Waals surface area contributed by atoms with Gasteiger partial charge in [0, 0.05) is 0 Å². The van der Waals surface area contributed by atoms with Gasteiger partial charge in [-0.05, 0) is 28.1 Å². The molecule has 72 valence electrons. The fourth-order valence-electron chi connectivity index (χ4n) is 1.23. The van der Waals surface area contributed by atoms with Gasteiger partial charge >= 0.3 is 5.97 Å². The Kier molecular flexibility index (Phi) is 1.92. The van der Waals surface area contributed by atoms with Gasteiger partial charge in [-0.15, -0.1) is 0 Å². The van der Waals surface area contributed by atoms with E-state index in [1.165, 1.54) is 6.07 Å². The van der Waals surface area contributed by atoms with Crippen molar-refractivity contribution >= 4 is 27.4 Å². The summed E-state index contributed by atoms with van der Waals surface area (Å²) < 4.78 is 1.55. The number of fused-ring (bicyclic) bond motifs is 1. The lowest BCUT2D eigenvalue weighted by molar-refractivity contribution is 0.0681. The fraction of sp³-hybridized carbons (Fsp3) is 0. The minimum atomic E-state index is -1.19. The summed E-state index contributed by atoms with van der Waals surface area (Å²) in [6.45, 7) is 0. The van der Waals surface area contributed by atoms with Crippen LogP contribution in [0.1, 0.15) is 10.6 Å². The molecular formula is C8H5BrN2O3. The van der Waals surface area contributed by atoms with Crippen molar-refractivity contribution in [1.82, 2.24) is 9.38 Å². The van der Waals surface area contributed by atoms with Crippen LogP contribution >= 0.6 is 15.9 Å². The molecule has 2 heterocycles. The summed E-state index contributed by atoms with van der Waals surface area (Å²) in [6, 6.07) is 4.67. The van der Waals surface area contributed by atoms with Crippen LogP contribution in [0.3, 0.4) is 0 Å². The fourth-order valence-corrected chi connectivity index (χ4v) is 1.70. The predicted molar refractivity (Wildman–Crippen MR) is 51.5 cm³/mol. The molecule has 0 bridgehead atoms. The molecule has 2 rings (SSSR count). The van der Waals surface area contributed by atoms with Crippen molar-refractivity contribution in [3.8, 4) is 5.88 Å². The van der Waals surface area contributed by atoms with Crippen molar-refractivity contribution in [2.24, 2.45) is 0 Å². The molecule has 0 aromatic carbocycles. The Morgan fingerprint density at radius 1 is 1.50 bits per heavy atom. The second kappa shape index (κ2) is 2.98. The average molecular weight is 257 g/mol. The Morgan fingerprint density at radius 2 is 2.21 bits per heavy atom. The molecule has 0 unspecified atom stereocenters. The number of carboxylic acids is 1. The molecule has 0 amide bonds. The molecule has 0 aliphatic carbocycles. The number of aromatic carboxylic acids is 1. The number of carbonyl (C=O) groups is 1. The molecule has 2 aromatic heterocycles. The predicted octanol–water partition coefficient (Wildman–Crippen LogP) is 1.50. The van der Waals surface area contributed by atoms with Crippen LogP contribution in [0.2, 0.25) is 0 Å². The number of aromatic hydroxyl groups is 1. The first kappa shape index (κ1) is 9.01. The van der Waals surface area contributed by atoms with Crippen LogP contribution in [-0.2, 0) is 0 Å². The van der Waals surface area contributed by atoms with E-state index in [9.17, 15) is 9.90 Å². The third kappa shape index (κ3) is 1.15. The molecule has 2 N–H and O–H groups in total. The zero-order chi connectivity index (χ0) is 10.3. The Bertz CT molecular complexity index is 521. The largest absolute Gasteiger partial charge is 0.494 e. The number of pyridine rings is 1. The van der Waals surface area contributed by atoms with E-state index in [4.69, 9.17) is 5.11 Å². The van der Waals surface area contributed by atoms with E-state index in [1.807, 2.05) is 0 Å². The van der Waals surface area contributed by atoms with E-state index in [1.54, 1.807) is 12.1 Å². The molecule has 0 fully saturated rings. The van der Waals surface area contributed by atoms with Crippen LogP contribution in [0.25, 0.3) is 5.52 Å². The number of rotatable bonds is 1. The maximum Gasteiger partial charge on any atom is 0.372 e. The molecule has 0 saturated heterocycles. The van der Waals surface area contributed by atoms with Gasteiger partial charge in [-0.1, -0.05) is 6.07 Å². The highest BCUT2D eigenvalue weighted by Crippen LogP contribution is 2.23. The van der Waals surface area contributed by atoms with E-state index in [2.05, 4.69) is 20.9 Å². The maximum absolute atomic E-state index is 10.8. The van der Waals surface area contributed by atoms with Crippen molar-refractivity contribution in [3.05, 3.63) is 28.6 Å². The maximum atomic E-state index is 10.8. The number of hydrogen-bond donors (Lipinski definition) is 2. The number of halogens is 1. The Morgan fingerprint density at radius 3 is 2.86 bits per heavy atom. The van der Waals surface area contributed by atoms with Gasteiger partial charge in [-0.25, -0.2) is 9.78 Å². The molecular weight excluding hydrogens is 252 g/mol. The molecule has 0 aliphatic rings. The summed E-state index contributed by atoms with van der Waals surface area (Å²) in [5.74, 6) is -1.56. The first-order valence-electron chi connectivity index (χ1n) is 3.70. The number of nitrogens with zero attached hydrogens (tertiary/aromatic N) is 2. The number of hydrogen-bond acceptors (Lipinski definition) is 3. The van der Waals surface area contributed by atoms with Crippen LogP contribution < -0.4 is 0 Å². The monoisotopic (exact) mass is 256 g/mol. The van der Waals surface area contributed by atoms with Crippen LogP contribution in [0.5, 0.6) is 5.88 Å². The van der Waals surface area contributed by atoms with Crippen molar-refractivity contribution in [2.45, 2.75) is 0 Å². The highest BCUT2D eigenvalue weighted by atomic mass is 79.9. The van der Waals surface area contributed by atoms with E-state index in [0.717, 1.165) is 4.40 Å². The van der Waals surface area contributed by atoms with Crippen LogP contribution in [0.15, 0.2) is 22.8 Å². The minimum absolute atomic E-state index is 0.155. The molecule has 2 aromatic rings. The third-order valence-corrected chi connectivity index (χ3v) is 2.37. The van der Waals surface area contributed by atoms with Crippen LogP contribution in [-0.4, -0.2) is 25.6 Å². The molecule has 0 spiro atoms. The Balaban J connectivity index is 2.93. The Labute approximate surface area is 86.8 Å². The van der Waals surface area contributed by atoms with Crippen molar-refractivity contribution in [2.75, 3.05) is 0 Å². The van der Waals surface area contributed by atoms with Gasteiger partial charge in [-0.2, -0.15) is 0 Å². The first-order valence-corrected chi connectivity index (χ1v) is 4.50. The van der Waals surface area contributed by atoms with Gasteiger partial charge < -0.3 is 10.2 Å². The quantitative estimate of drug-likeness (QED) is 0.811. The van der Waals surface area contributed by atoms with E-state index >= 15 is 0 Å². The van der Waals surface area contributed by atoms with Crippen molar-refractivity contribution in [3.63, 3.8) is 0 Å². The highest BCUT2D eigenvalue weighted by Gasteiger charge is 2.16. The number of carboxylic acid groups (broad SMARTS) is 1. The van der Waals surface area contributed by atoms with Crippen molar-refractivity contribution < 1.29 is 15.0 Å². The van der Waals surface area contributed by atoms with Crippen LogP contribution in [0.4, 0.5) is 0 Å². The second-order valence-corrected chi connectivity index (χ2v) is 3.39. The summed E-state index contributed by atoms with van der Waals surface area (Å²) in [7, 11) is 0. The number of imidazole rings is 1. The van der Waals surface area contributed by atoms with Gasteiger partial charge in [0.05, 0.1) is 5.52 Å². The summed E-state index contributed by atoms with van der Waals surface area (Å²) in [4.78, 5) is 14.5. The average Bonchev–Trinajstić information content (AvgIpc) is 2.46. The summed E-state index contributed by atoms with van der Waals surface area (Å²) >= 11 is 3.11. The van der Waals surface area contributed by atoms with Crippen LogP contribution in [0, 0.1) is 0 Å². The molecule has 14 heavy (non-hydrogen) atoms. The molecule has 6 heteroatoms. The minimum Gasteiger partial charge on any atom is -0.494 e. The van der Waals surface area contributed by atoms with E-state index < -0.39 is 5.97 Å². The molecule has 0 radical (unpaired) electrons. The van der Waals surface area contributed by atoms with Gasteiger partial charge in [-0.3, -0.25) is 4.40 Å².